The van der Waals surface area contributed by atoms with E-state index < -0.39 is 0 Å². The molecule has 2 aromatic carbocycles. The van der Waals surface area contributed by atoms with Crippen LogP contribution in [0.3, 0.4) is 0 Å². The normalized spacial score (nSPS) is 16.7. The smallest absolute Gasteiger partial charge is 0.230 e. The lowest BCUT2D eigenvalue weighted by Gasteiger charge is -2.39. The number of piperazine rings is 1. The number of aromatic hydroxyl groups is 1. The number of hydrogen-bond donors (Lipinski definition) is 1. The Morgan fingerprint density at radius 1 is 1.03 bits per heavy atom. The molecule has 5 rings (SSSR count). The molecule has 0 aliphatic carbocycles. The number of benzene rings is 2. The number of nitrogens with zero attached hydrogens (tertiary/aromatic N) is 5. The van der Waals surface area contributed by atoms with Crippen molar-refractivity contribution in [3.8, 4) is 5.88 Å². The minimum Gasteiger partial charge on any atom is -0.492 e. The fourth-order valence-corrected chi connectivity index (χ4v) is 5.65. The third kappa shape index (κ3) is 4.25. The summed E-state index contributed by atoms with van der Waals surface area (Å²) < 4.78 is 2.61. The van der Waals surface area contributed by atoms with Crippen LogP contribution in [0.25, 0.3) is 4.96 Å². The Balaban J connectivity index is 1.42. The molecule has 0 spiro atoms. The van der Waals surface area contributed by atoms with Gasteiger partial charge in [-0.15, -0.1) is 5.10 Å². The average Bonchev–Trinajstić information content (AvgIpc) is 3.29. The molecule has 4 aromatic rings. The second-order valence-electron chi connectivity index (χ2n) is 7.90. The Kier molecular flexibility index (Phi) is 5.79. The van der Waals surface area contributed by atoms with Crippen LogP contribution in [0.1, 0.15) is 27.9 Å². The Morgan fingerprint density at radius 3 is 2.42 bits per heavy atom. The summed E-state index contributed by atoms with van der Waals surface area (Å²) in [6.45, 7) is 6.65. The molecule has 6 nitrogen and oxygen atoms in total. The molecule has 0 saturated carbocycles. The molecule has 0 radical (unpaired) electrons. The molecule has 1 atom stereocenters. The van der Waals surface area contributed by atoms with E-state index in [4.69, 9.17) is 0 Å². The number of thiazole rings is 1. The minimum absolute atomic E-state index is 0.0271. The average molecular weight is 498 g/mol. The van der Waals surface area contributed by atoms with Crippen LogP contribution < -0.4 is 0 Å². The number of aryl methyl sites for hydroxylation is 1. The van der Waals surface area contributed by atoms with Crippen molar-refractivity contribution in [1.82, 2.24) is 24.4 Å². The summed E-state index contributed by atoms with van der Waals surface area (Å²) in [5.41, 5.74) is 2.51. The van der Waals surface area contributed by atoms with Crippen LogP contribution in [0.4, 0.5) is 0 Å². The second-order valence-corrected chi connectivity index (χ2v) is 9.82. The van der Waals surface area contributed by atoms with Gasteiger partial charge in [-0.25, -0.2) is 4.98 Å². The molecule has 0 bridgehead atoms. The van der Waals surface area contributed by atoms with E-state index >= 15 is 0 Å². The van der Waals surface area contributed by atoms with E-state index in [9.17, 15) is 5.11 Å². The summed E-state index contributed by atoms with van der Waals surface area (Å²) in [4.78, 5) is 11.1. The third-order valence-corrected chi connectivity index (χ3v) is 7.36. The maximum atomic E-state index is 11.0. The van der Waals surface area contributed by atoms with Crippen LogP contribution >= 0.6 is 27.3 Å². The van der Waals surface area contributed by atoms with Gasteiger partial charge in [-0.05, 0) is 30.2 Å². The fraction of sp³-hybridized carbons (Fsp3) is 0.304. The highest BCUT2D eigenvalue weighted by Crippen LogP contribution is 2.40. The lowest BCUT2D eigenvalue weighted by Crippen LogP contribution is -2.47. The van der Waals surface area contributed by atoms with Gasteiger partial charge in [0.2, 0.25) is 10.8 Å². The van der Waals surface area contributed by atoms with Crippen molar-refractivity contribution in [1.29, 1.82) is 0 Å². The topological polar surface area (TPSA) is 56.9 Å². The zero-order chi connectivity index (χ0) is 21.4. The van der Waals surface area contributed by atoms with Gasteiger partial charge < -0.3 is 5.11 Å². The van der Waals surface area contributed by atoms with Gasteiger partial charge in [0, 0.05) is 37.2 Å². The molecule has 1 N–H and O–H groups in total. The standard InChI is InChI=1S/C23H24BrN5OS/c1-16-25-23-29(26-16)22(30)21(31-23)20(18-7-9-19(24)10-8-18)28-13-11-27(12-14-28)15-17-5-3-2-4-6-17/h2-10,20,30H,11-15H2,1H3. The Hall–Kier alpha value is -2.26. The first-order chi connectivity index (χ1) is 15.1. The van der Waals surface area contributed by atoms with E-state index in [0.29, 0.717) is 5.82 Å². The lowest BCUT2D eigenvalue weighted by atomic mass is 10.0. The Morgan fingerprint density at radius 2 is 1.74 bits per heavy atom. The fourth-order valence-electron chi connectivity index (χ4n) is 4.22. The largest absolute Gasteiger partial charge is 0.492 e. The summed E-state index contributed by atoms with van der Waals surface area (Å²) in [7, 11) is 0. The van der Waals surface area contributed by atoms with E-state index in [-0.39, 0.29) is 11.9 Å². The number of halogens is 1. The van der Waals surface area contributed by atoms with Gasteiger partial charge in [0.25, 0.3) is 0 Å². The summed E-state index contributed by atoms with van der Waals surface area (Å²) in [6.07, 6.45) is 0. The Labute approximate surface area is 193 Å². The minimum atomic E-state index is -0.0271. The van der Waals surface area contributed by atoms with Crippen LogP contribution in [0.2, 0.25) is 0 Å². The molecule has 1 aliphatic rings. The van der Waals surface area contributed by atoms with E-state index in [1.165, 1.54) is 16.9 Å². The first-order valence-corrected chi connectivity index (χ1v) is 12.0. The molecule has 2 aromatic heterocycles. The highest BCUT2D eigenvalue weighted by molar-refractivity contribution is 9.10. The van der Waals surface area contributed by atoms with Crippen molar-refractivity contribution < 1.29 is 5.11 Å². The van der Waals surface area contributed by atoms with E-state index in [1.807, 2.05) is 6.92 Å². The van der Waals surface area contributed by atoms with Crippen molar-refractivity contribution in [2.75, 3.05) is 26.2 Å². The summed E-state index contributed by atoms with van der Waals surface area (Å²) >= 11 is 5.06. The van der Waals surface area contributed by atoms with Gasteiger partial charge in [-0.3, -0.25) is 9.80 Å². The van der Waals surface area contributed by atoms with E-state index in [1.54, 1.807) is 4.52 Å². The maximum Gasteiger partial charge on any atom is 0.230 e. The van der Waals surface area contributed by atoms with Gasteiger partial charge in [0.1, 0.15) is 5.82 Å². The number of fused-ring (bicyclic) bond motifs is 1. The number of rotatable bonds is 5. The highest BCUT2D eigenvalue weighted by Gasteiger charge is 2.31. The molecule has 160 valence electrons. The number of aromatic nitrogens is 3. The second kappa shape index (κ2) is 8.70. The monoisotopic (exact) mass is 497 g/mol. The maximum absolute atomic E-state index is 11.0. The van der Waals surface area contributed by atoms with Crippen LogP contribution in [0.15, 0.2) is 59.1 Å². The van der Waals surface area contributed by atoms with Gasteiger partial charge in [0.05, 0.1) is 10.9 Å². The van der Waals surface area contributed by atoms with Gasteiger partial charge in [-0.2, -0.15) is 4.52 Å². The molecule has 8 heteroatoms. The van der Waals surface area contributed by atoms with Crippen LogP contribution in [-0.2, 0) is 6.54 Å². The van der Waals surface area contributed by atoms with Gasteiger partial charge >= 0.3 is 0 Å². The van der Waals surface area contributed by atoms with Crippen molar-refractivity contribution in [2.24, 2.45) is 0 Å². The predicted molar refractivity (Wildman–Crippen MR) is 127 cm³/mol. The molecule has 1 unspecified atom stereocenters. The Bertz CT molecular complexity index is 1170. The molecule has 1 fully saturated rings. The van der Waals surface area contributed by atoms with Crippen molar-refractivity contribution in [3.63, 3.8) is 0 Å². The SMILES string of the molecule is Cc1nc2sc(C(c3ccc(Br)cc3)N3CCN(Cc4ccccc4)CC3)c(O)n2n1. The third-order valence-electron chi connectivity index (χ3n) is 5.76. The molecular weight excluding hydrogens is 474 g/mol. The number of hydrogen-bond acceptors (Lipinski definition) is 6. The molecule has 0 amide bonds. The molecule has 3 heterocycles. The van der Waals surface area contributed by atoms with Gasteiger partial charge in [-0.1, -0.05) is 69.7 Å². The van der Waals surface area contributed by atoms with Gasteiger partial charge in [0.15, 0.2) is 0 Å². The zero-order valence-corrected chi connectivity index (χ0v) is 19.7. The van der Waals surface area contributed by atoms with Crippen molar-refractivity contribution in [3.05, 3.63) is 80.9 Å². The van der Waals surface area contributed by atoms with E-state index in [0.717, 1.165) is 52.6 Å². The van der Waals surface area contributed by atoms with Crippen LogP contribution in [0, 0.1) is 6.92 Å². The molecular formula is C23H24BrN5OS. The predicted octanol–water partition coefficient (Wildman–Crippen LogP) is 4.47. The summed E-state index contributed by atoms with van der Waals surface area (Å²) in [5.74, 6) is 0.864. The summed E-state index contributed by atoms with van der Waals surface area (Å²) in [5, 5.41) is 15.4. The lowest BCUT2D eigenvalue weighted by molar-refractivity contribution is 0.105. The molecule has 31 heavy (non-hydrogen) atoms. The first-order valence-electron chi connectivity index (χ1n) is 10.4. The summed E-state index contributed by atoms with van der Waals surface area (Å²) in [6, 6.07) is 19.0. The highest BCUT2D eigenvalue weighted by atomic mass is 79.9. The molecule has 1 aliphatic heterocycles. The quantitative estimate of drug-likeness (QED) is 0.440. The van der Waals surface area contributed by atoms with E-state index in [2.05, 4.69) is 90.4 Å². The zero-order valence-electron chi connectivity index (χ0n) is 17.3. The van der Waals surface area contributed by atoms with Crippen LogP contribution in [-0.4, -0.2) is 55.7 Å². The first kappa shape index (κ1) is 20.6. The molecule has 1 saturated heterocycles. The van der Waals surface area contributed by atoms with Crippen molar-refractivity contribution >= 4 is 32.2 Å². The van der Waals surface area contributed by atoms with Crippen LogP contribution in [0.5, 0.6) is 5.88 Å². The van der Waals surface area contributed by atoms with Crippen molar-refractivity contribution in [2.45, 2.75) is 19.5 Å².